The summed E-state index contributed by atoms with van der Waals surface area (Å²) < 4.78 is 10.5. The summed E-state index contributed by atoms with van der Waals surface area (Å²) in [6.07, 6.45) is 65.4. The fraction of sp³-hybridized carbons (Fsp3) is 0.510. The summed E-state index contributed by atoms with van der Waals surface area (Å²) in [7, 11) is 0. The largest absolute Gasteiger partial charge is 0.461 e. The van der Waals surface area contributed by atoms with Gasteiger partial charge < -0.3 is 14.6 Å². The first-order valence-electron chi connectivity index (χ1n) is 20.7. The molecule has 54 heavy (non-hydrogen) atoms. The second kappa shape index (κ2) is 43.4. The van der Waals surface area contributed by atoms with E-state index in [0.717, 1.165) is 103 Å². The molecule has 1 unspecified atom stereocenters. The molecule has 0 saturated carbocycles. The van der Waals surface area contributed by atoms with Crippen LogP contribution in [0.3, 0.4) is 0 Å². The first-order chi connectivity index (χ1) is 26.6. The van der Waals surface area contributed by atoms with E-state index in [2.05, 4.69) is 135 Å². The van der Waals surface area contributed by atoms with Crippen molar-refractivity contribution in [3.05, 3.63) is 134 Å². The number of esters is 2. The zero-order chi connectivity index (χ0) is 39.3. The Morgan fingerprint density at radius 1 is 0.444 bits per heavy atom. The molecule has 1 N–H and O–H groups in total. The van der Waals surface area contributed by atoms with Gasteiger partial charge in [-0.2, -0.15) is 0 Å². The van der Waals surface area contributed by atoms with Gasteiger partial charge in [0.15, 0.2) is 6.10 Å². The molecule has 0 bridgehead atoms. The second-order valence-electron chi connectivity index (χ2n) is 13.0. The molecular weight excluding hydrogens is 669 g/mol. The number of ether oxygens (including phenoxy) is 2. The summed E-state index contributed by atoms with van der Waals surface area (Å²) in [6, 6.07) is 0. The number of unbranched alkanes of at least 4 members (excludes halogenated alkanes) is 6. The lowest BCUT2D eigenvalue weighted by Gasteiger charge is -2.15. The van der Waals surface area contributed by atoms with Gasteiger partial charge in [-0.1, -0.05) is 173 Å². The van der Waals surface area contributed by atoms with Gasteiger partial charge in [0, 0.05) is 6.42 Å². The Labute approximate surface area is 330 Å². The molecule has 0 saturated heterocycles. The van der Waals surface area contributed by atoms with Gasteiger partial charge in [-0.15, -0.1) is 0 Å². The van der Waals surface area contributed by atoms with Crippen molar-refractivity contribution in [1.29, 1.82) is 0 Å². The van der Waals surface area contributed by atoms with Crippen LogP contribution in [0.2, 0.25) is 0 Å². The maximum Gasteiger partial charge on any atom is 0.309 e. The van der Waals surface area contributed by atoms with E-state index in [1.807, 2.05) is 6.08 Å². The van der Waals surface area contributed by atoms with E-state index in [1.54, 1.807) is 6.08 Å². The third kappa shape index (κ3) is 40.8. The van der Waals surface area contributed by atoms with Crippen molar-refractivity contribution in [3.63, 3.8) is 0 Å². The molecular formula is C49H74O5. The van der Waals surface area contributed by atoms with Crippen LogP contribution in [0.5, 0.6) is 0 Å². The van der Waals surface area contributed by atoms with Crippen LogP contribution in [-0.4, -0.2) is 36.4 Å². The fourth-order valence-electron chi connectivity index (χ4n) is 4.92. The predicted octanol–water partition coefficient (Wildman–Crippen LogP) is 13.4. The topological polar surface area (TPSA) is 72.8 Å². The molecule has 0 rings (SSSR count). The van der Waals surface area contributed by atoms with Gasteiger partial charge in [-0.25, -0.2) is 0 Å². The third-order valence-corrected chi connectivity index (χ3v) is 7.97. The SMILES string of the molecule is CC/C=C\C/C=C\C/C=C\C/C=C\C/C=C\C/C=C\CCCCCCCCC(=O)OC(CO)COC(=O)C/C=C\C/C=C\C/C=C\C/C=C\C/C=C\CC. The van der Waals surface area contributed by atoms with Crippen molar-refractivity contribution in [1.82, 2.24) is 0 Å². The van der Waals surface area contributed by atoms with Gasteiger partial charge in [-0.05, 0) is 89.9 Å². The van der Waals surface area contributed by atoms with Crippen molar-refractivity contribution >= 4 is 11.9 Å². The van der Waals surface area contributed by atoms with Crippen LogP contribution in [0.1, 0.15) is 142 Å². The molecule has 0 amide bonds. The summed E-state index contributed by atoms with van der Waals surface area (Å²) in [5.74, 6) is -0.771. The molecule has 0 fully saturated rings. The molecule has 0 aliphatic heterocycles. The van der Waals surface area contributed by atoms with Gasteiger partial charge in [0.1, 0.15) is 6.61 Å². The van der Waals surface area contributed by atoms with E-state index in [9.17, 15) is 14.7 Å². The average Bonchev–Trinajstić information content (AvgIpc) is 3.17. The highest BCUT2D eigenvalue weighted by atomic mass is 16.6. The first kappa shape index (κ1) is 50.0. The lowest BCUT2D eigenvalue weighted by molar-refractivity contribution is -0.161. The average molecular weight is 743 g/mol. The number of carbonyl (C=O) groups excluding carboxylic acids is 2. The maximum atomic E-state index is 12.2. The smallest absolute Gasteiger partial charge is 0.309 e. The van der Waals surface area contributed by atoms with Crippen molar-refractivity contribution in [2.75, 3.05) is 13.2 Å². The van der Waals surface area contributed by atoms with Gasteiger partial charge in [0.05, 0.1) is 13.0 Å². The normalized spacial score (nSPS) is 13.6. The van der Waals surface area contributed by atoms with E-state index in [4.69, 9.17) is 9.47 Å². The highest BCUT2D eigenvalue weighted by Crippen LogP contribution is 2.10. The van der Waals surface area contributed by atoms with Crippen LogP contribution in [-0.2, 0) is 19.1 Å². The van der Waals surface area contributed by atoms with E-state index in [-0.39, 0.29) is 25.6 Å². The Hall–Kier alpha value is -3.96. The first-order valence-corrected chi connectivity index (χ1v) is 20.7. The lowest BCUT2D eigenvalue weighted by Crippen LogP contribution is -2.28. The van der Waals surface area contributed by atoms with Crippen LogP contribution in [0.25, 0.3) is 0 Å². The minimum Gasteiger partial charge on any atom is -0.461 e. The van der Waals surface area contributed by atoms with Crippen LogP contribution < -0.4 is 0 Å². The van der Waals surface area contributed by atoms with Gasteiger partial charge in [0.25, 0.3) is 0 Å². The number of hydrogen-bond donors (Lipinski definition) is 1. The molecule has 0 heterocycles. The maximum absolute atomic E-state index is 12.2. The predicted molar refractivity (Wildman–Crippen MR) is 232 cm³/mol. The quantitative estimate of drug-likeness (QED) is 0.0398. The molecule has 5 heteroatoms. The Kier molecular flexibility index (Phi) is 40.3. The zero-order valence-electron chi connectivity index (χ0n) is 33.9. The third-order valence-electron chi connectivity index (χ3n) is 7.97. The highest BCUT2D eigenvalue weighted by Gasteiger charge is 2.15. The van der Waals surface area contributed by atoms with E-state index in [1.165, 1.54) is 12.8 Å². The summed E-state index contributed by atoms with van der Waals surface area (Å²) in [5.41, 5.74) is 0. The number of aliphatic hydroxyl groups is 1. The molecule has 0 aromatic rings. The van der Waals surface area contributed by atoms with Crippen molar-refractivity contribution in [2.45, 2.75) is 148 Å². The Bertz CT molecular complexity index is 1200. The molecule has 5 nitrogen and oxygen atoms in total. The molecule has 0 aliphatic carbocycles. The van der Waals surface area contributed by atoms with Crippen LogP contribution in [0.15, 0.2) is 134 Å². The Morgan fingerprint density at radius 2 is 0.796 bits per heavy atom. The molecule has 0 radical (unpaired) electrons. The summed E-state index contributed by atoms with van der Waals surface area (Å²) in [4.78, 5) is 24.2. The lowest BCUT2D eigenvalue weighted by atomic mass is 10.1. The summed E-state index contributed by atoms with van der Waals surface area (Å²) in [5, 5.41) is 9.56. The zero-order valence-corrected chi connectivity index (χ0v) is 33.9. The van der Waals surface area contributed by atoms with Crippen molar-refractivity contribution < 1.29 is 24.2 Å². The van der Waals surface area contributed by atoms with Gasteiger partial charge in [0.2, 0.25) is 0 Å². The van der Waals surface area contributed by atoms with E-state index >= 15 is 0 Å². The molecule has 0 aliphatic rings. The highest BCUT2D eigenvalue weighted by molar-refractivity contribution is 5.71. The number of aliphatic hydroxyl groups excluding tert-OH is 1. The van der Waals surface area contributed by atoms with E-state index in [0.29, 0.717) is 6.42 Å². The molecule has 0 aromatic heterocycles. The van der Waals surface area contributed by atoms with Crippen molar-refractivity contribution in [2.24, 2.45) is 0 Å². The molecule has 0 aromatic carbocycles. The van der Waals surface area contributed by atoms with Gasteiger partial charge >= 0.3 is 11.9 Å². The summed E-state index contributed by atoms with van der Waals surface area (Å²) >= 11 is 0. The monoisotopic (exact) mass is 743 g/mol. The number of allylic oxidation sites excluding steroid dienone is 21. The Balaban J connectivity index is 3.75. The van der Waals surface area contributed by atoms with Crippen LogP contribution in [0, 0.1) is 0 Å². The minimum atomic E-state index is -0.830. The number of rotatable bonds is 35. The van der Waals surface area contributed by atoms with Crippen molar-refractivity contribution in [3.8, 4) is 0 Å². The molecule has 1 atom stereocenters. The number of carbonyl (C=O) groups is 2. The molecule has 0 spiro atoms. The Morgan fingerprint density at radius 3 is 1.20 bits per heavy atom. The number of hydrogen-bond acceptors (Lipinski definition) is 5. The van der Waals surface area contributed by atoms with E-state index < -0.39 is 12.1 Å². The minimum absolute atomic E-state index is 0.136. The fourth-order valence-corrected chi connectivity index (χ4v) is 4.92. The standard InChI is InChI=1S/C49H74O5/c1-3-5-7-9-11-13-15-17-19-20-21-22-23-24-25-26-27-28-30-32-34-36-38-40-42-44-49(52)54-47(45-50)46-53-48(51)43-41-39-37-35-33-31-29-18-16-14-12-10-8-6-4-2/h5-8,11-14,17-19,21-22,24-25,27-29,33,35,39,41,47,50H,3-4,9-10,15-16,20,23,26,30-32,34,36-38,40,42-46H2,1-2H3/b7-5-,8-6-,13-11-,14-12-,19-17-,22-21-,25-24-,28-27-,29-18-,35-33-,41-39-. The molecule has 300 valence electrons. The van der Waals surface area contributed by atoms with Gasteiger partial charge in [-0.3, -0.25) is 9.59 Å². The second-order valence-corrected chi connectivity index (χ2v) is 13.0. The summed E-state index contributed by atoms with van der Waals surface area (Å²) in [6.45, 7) is 3.78. The van der Waals surface area contributed by atoms with Crippen LogP contribution >= 0.6 is 0 Å². The van der Waals surface area contributed by atoms with Crippen LogP contribution in [0.4, 0.5) is 0 Å².